The van der Waals surface area contributed by atoms with Gasteiger partial charge in [-0.1, -0.05) is 0 Å². The fraction of sp³-hybridized carbons (Fsp3) is 0.333. The third-order valence-corrected chi connectivity index (χ3v) is 2.95. The smallest absolute Gasteiger partial charge is 0.254 e. The van der Waals surface area contributed by atoms with Crippen LogP contribution < -0.4 is 5.73 Å². The summed E-state index contributed by atoms with van der Waals surface area (Å²) in [6.45, 7) is 0.366. The van der Waals surface area contributed by atoms with Crippen molar-refractivity contribution < 1.29 is 18.4 Å². The molecule has 0 aliphatic carbocycles. The summed E-state index contributed by atoms with van der Waals surface area (Å²) < 4.78 is 26.1. The second-order valence-corrected chi connectivity index (χ2v) is 4.22. The molecule has 2 rings (SSSR count). The van der Waals surface area contributed by atoms with Crippen molar-refractivity contribution in [2.75, 3.05) is 6.54 Å². The number of carbonyl (C=O) groups excluding carboxylic acids is 2. The van der Waals surface area contributed by atoms with Crippen molar-refractivity contribution in [2.24, 2.45) is 5.73 Å². The molecule has 1 aliphatic heterocycles. The summed E-state index contributed by atoms with van der Waals surface area (Å²) in [6, 6.07) is 1.89. The van der Waals surface area contributed by atoms with Gasteiger partial charge >= 0.3 is 0 Å². The van der Waals surface area contributed by atoms with Gasteiger partial charge in [0.1, 0.15) is 17.7 Å². The zero-order valence-electron chi connectivity index (χ0n) is 9.53. The molecule has 1 heterocycles. The van der Waals surface area contributed by atoms with Crippen molar-refractivity contribution in [1.29, 1.82) is 0 Å². The van der Waals surface area contributed by atoms with E-state index in [0.717, 1.165) is 12.1 Å². The third-order valence-electron chi connectivity index (χ3n) is 2.95. The Morgan fingerprint density at radius 3 is 2.39 bits per heavy atom. The highest BCUT2D eigenvalue weighted by Gasteiger charge is 2.33. The lowest BCUT2D eigenvalue weighted by molar-refractivity contribution is -0.121. The summed E-state index contributed by atoms with van der Waals surface area (Å²) in [5.41, 5.74) is 5.07. The predicted octanol–water partition coefficient (Wildman–Crippen LogP) is 1.05. The summed E-state index contributed by atoms with van der Waals surface area (Å²) in [6.07, 6.45) is 1.13. The molecule has 0 radical (unpaired) electrons. The Kier molecular flexibility index (Phi) is 3.27. The van der Waals surface area contributed by atoms with Crippen LogP contribution in [0.3, 0.4) is 0 Å². The SMILES string of the molecule is NC(=O)C1CCCN1C(=O)c1cc(F)cc(F)c1. The average molecular weight is 254 g/mol. The van der Waals surface area contributed by atoms with Gasteiger partial charge in [0.15, 0.2) is 0 Å². The number of nitrogens with two attached hydrogens (primary N) is 1. The summed E-state index contributed by atoms with van der Waals surface area (Å²) >= 11 is 0. The van der Waals surface area contributed by atoms with Gasteiger partial charge in [-0.2, -0.15) is 0 Å². The first-order valence-corrected chi connectivity index (χ1v) is 5.55. The van der Waals surface area contributed by atoms with E-state index in [2.05, 4.69) is 0 Å². The molecular weight excluding hydrogens is 242 g/mol. The largest absolute Gasteiger partial charge is 0.368 e. The number of carbonyl (C=O) groups is 2. The lowest BCUT2D eigenvalue weighted by atomic mass is 10.1. The van der Waals surface area contributed by atoms with E-state index in [0.29, 0.717) is 25.5 Å². The average Bonchev–Trinajstić information content (AvgIpc) is 2.75. The van der Waals surface area contributed by atoms with Crippen LogP contribution in [0.4, 0.5) is 8.78 Å². The van der Waals surface area contributed by atoms with Crippen molar-refractivity contribution in [3.05, 3.63) is 35.4 Å². The van der Waals surface area contributed by atoms with Crippen LogP contribution in [0, 0.1) is 11.6 Å². The van der Waals surface area contributed by atoms with Crippen molar-refractivity contribution in [1.82, 2.24) is 4.90 Å². The van der Waals surface area contributed by atoms with Crippen molar-refractivity contribution >= 4 is 11.8 Å². The number of nitrogens with zero attached hydrogens (tertiary/aromatic N) is 1. The molecule has 0 saturated carbocycles. The zero-order chi connectivity index (χ0) is 13.3. The Morgan fingerprint density at radius 2 is 1.83 bits per heavy atom. The van der Waals surface area contributed by atoms with E-state index in [9.17, 15) is 18.4 Å². The number of primary amides is 1. The van der Waals surface area contributed by atoms with Crippen LogP contribution in [0.5, 0.6) is 0 Å². The van der Waals surface area contributed by atoms with Crippen LogP contribution in [-0.4, -0.2) is 29.3 Å². The van der Waals surface area contributed by atoms with E-state index in [4.69, 9.17) is 5.73 Å². The number of likely N-dealkylation sites (tertiary alicyclic amines) is 1. The first kappa shape index (κ1) is 12.5. The lowest BCUT2D eigenvalue weighted by Crippen LogP contribution is -2.43. The van der Waals surface area contributed by atoms with Crippen LogP contribution in [0.25, 0.3) is 0 Å². The Balaban J connectivity index is 2.28. The molecule has 1 aromatic carbocycles. The van der Waals surface area contributed by atoms with Gasteiger partial charge in [-0.3, -0.25) is 9.59 Å². The van der Waals surface area contributed by atoms with Gasteiger partial charge in [0.2, 0.25) is 5.91 Å². The Morgan fingerprint density at radius 1 is 1.22 bits per heavy atom. The number of halogens is 2. The van der Waals surface area contributed by atoms with Gasteiger partial charge in [0, 0.05) is 18.2 Å². The lowest BCUT2D eigenvalue weighted by Gasteiger charge is -2.22. The zero-order valence-corrected chi connectivity index (χ0v) is 9.53. The summed E-state index contributed by atoms with van der Waals surface area (Å²) in [4.78, 5) is 24.5. The molecule has 0 bridgehead atoms. The first-order valence-electron chi connectivity index (χ1n) is 5.55. The van der Waals surface area contributed by atoms with Crippen LogP contribution in [-0.2, 0) is 4.79 Å². The summed E-state index contributed by atoms with van der Waals surface area (Å²) in [7, 11) is 0. The van der Waals surface area contributed by atoms with E-state index in [1.54, 1.807) is 0 Å². The third kappa shape index (κ3) is 2.32. The minimum absolute atomic E-state index is 0.111. The first-order chi connectivity index (χ1) is 8.49. The second kappa shape index (κ2) is 4.72. The fourth-order valence-corrected chi connectivity index (χ4v) is 2.15. The molecule has 96 valence electrons. The van der Waals surface area contributed by atoms with E-state index in [-0.39, 0.29) is 5.56 Å². The highest BCUT2D eigenvalue weighted by molar-refractivity contribution is 5.97. The maximum atomic E-state index is 13.0. The maximum Gasteiger partial charge on any atom is 0.254 e. The molecule has 0 aromatic heterocycles. The monoisotopic (exact) mass is 254 g/mol. The fourth-order valence-electron chi connectivity index (χ4n) is 2.15. The molecule has 4 nitrogen and oxygen atoms in total. The van der Waals surface area contributed by atoms with E-state index in [1.165, 1.54) is 4.90 Å². The van der Waals surface area contributed by atoms with E-state index in [1.807, 2.05) is 0 Å². The van der Waals surface area contributed by atoms with E-state index < -0.39 is 29.5 Å². The Bertz CT molecular complexity index is 485. The normalized spacial score (nSPS) is 19.0. The number of hydrogen-bond acceptors (Lipinski definition) is 2. The Labute approximate surface area is 102 Å². The van der Waals surface area contributed by atoms with Crippen LogP contribution in [0.2, 0.25) is 0 Å². The van der Waals surface area contributed by atoms with Crippen LogP contribution in [0.1, 0.15) is 23.2 Å². The molecule has 0 spiro atoms. The van der Waals surface area contributed by atoms with E-state index >= 15 is 0 Å². The predicted molar refractivity (Wildman–Crippen MR) is 59.6 cm³/mol. The molecule has 1 aromatic rings. The molecule has 2 amide bonds. The van der Waals surface area contributed by atoms with Gasteiger partial charge in [0.25, 0.3) is 5.91 Å². The molecule has 18 heavy (non-hydrogen) atoms. The second-order valence-electron chi connectivity index (χ2n) is 4.22. The van der Waals surface area contributed by atoms with Crippen molar-refractivity contribution in [3.63, 3.8) is 0 Å². The van der Waals surface area contributed by atoms with Crippen molar-refractivity contribution in [3.8, 4) is 0 Å². The highest BCUT2D eigenvalue weighted by Crippen LogP contribution is 2.20. The minimum Gasteiger partial charge on any atom is -0.368 e. The minimum atomic E-state index is -0.826. The van der Waals surface area contributed by atoms with Crippen molar-refractivity contribution in [2.45, 2.75) is 18.9 Å². The molecule has 1 saturated heterocycles. The van der Waals surface area contributed by atoms with Gasteiger partial charge in [0.05, 0.1) is 0 Å². The van der Waals surface area contributed by atoms with Gasteiger partial charge in [-0.25, -0.2) is 8.78 Å². The number of benzene rings is 1. The van der Waals surface area contributed by atoms with Crippen LogP contribution >= 0.6 is 0 Å². The van der Waals surface area contributed by atoms with Gasteiger partial charge < -0.3 is 10.6 Å². The molecule has 2 N–H and O–H groups in total. The van der Waals surface area contributed by atoms with Gasteiger partial charge in [-0.05, 0) is 25.0 Å². The topological polar surface area (TPSA) is 63.4 Å². The summed E-state index contributed by atoms with van der Waals surface area (Å²) in [5, 5.41) is 0. The molecular formula is C12H12F2N2O2. The molecule has 6 heteroatoms. The molecule has 1 fully saturated rings. The highest BCUT2D eigenvalue weighted by atomic mass is 19.1. The quantitative estimate of drug-likeness (QED) is 0.857. The molecule has 1 aliphatic rings. The molecule has 1 unspecified atom stereocenters. The van der Waals surface area contributed by atoms with Crippen LogP contribution in [0.15, 0.2) is 18.2 Å². The van der Waals surface area contributed by atoms with Gasteiger partial charge in [-0.15, -0.1) is 0 Å². The Hall–Kier alpha value is -1.98. The standard InChI is InChI=1S/C12H12F2N2O2/c13-8-4-7(5-9(14)6-8)12(18)16-3-1-2-10(16)11(15)17/h4-6,10H,1-3H2,(H2,15,17). The maximum absolute atomic E-state index is 13.0. The molecule has 1 atom stereocenters. The number of hydrogen-bond donors (Lipinski definition) is 1. The summed E-state index contributed by atoms with van der Waals surface area (Å²) in [5.74, 6) is -2.83. The number of amides is 2. The number of rotatable bonds is 2.